The fraction of sp³-hybridized carbons (Fsp3) is 0.267. The average Bonchev–Trinajstić information content (AvgIpc) is 2.85. The van der Waals surface area contributed by atoms with Crippen LogP contribution in [0.3, 0.4) is 0 Å². The molecular weight excluding hydrogens is 417 g/mol. The summed E-state index contributed by atoms with van der Waals surface area (Å²) in [5.41, 5.74) is 4.51. The maximum Gasteiger partial charge on any atom is 0.166 e. The van der Waals surface area contributed by atoms with Crippen molar-refractivity contribution < 1.29 is 13.2 Å². The van der Waals surface area contributed by atoms with Crippen molar-refractivity contribution in [3.8, 4) is 22.3 Å². The summed E-state index contributed by atoms with van der Waals surface area (Å²) in [6.45, 7) is 4.05. The molecule has 0 radical (unpaired) electrons. The van der Waals surface area contributed by atoms with Crippen LogP contribution in [0.1, 0.15) is 50.7 Å². The normalized spacial score (nSPS) is 16.3. The first kappa shape index (κ1) is 23.1. The van der Waals surface area contributed by atoms with Gasteiger partial charge in [0, 0.05) is 11.1 Å². The minimum atomic E-state index is -0.841. The standard InChI is InChI=1S/C30H29F3/c1-3-5-6-24-15-18-27(30(33)29(24)32)23-13-11-21(12-14-23)25-16-17-26(28(31)19-25)22-9-7-20(4-2)8-10-22/h3,5,9,11-20H,4,6-8,10H2,1-2H3. The largest absolute Gasteiger partial charge is 0.206 e. The van der Waals surface area contributed by atoms with Gasteiger partial charge in [-0.3, -0.25) is 0 Å². The van der Waals surface area contributed by atoms with Gasteiger partial charge in [-0.25, -0.2) is 13.2 Å². The maximum absolute atomic E-state index is 14.9. The third-order valence-electron chi connectivity index (χ3n) is 6.68. The third kappa shape index (κ3) is 4.98. The molecule has 0 fully saturated rings. The van der Waals surface area contributed by atoms with Crippen LogP contribution in [0.15, 0.2) is 72.8 Å². The molecule has 3 aromatic carbocycles. The van der Waals surface area contributed by atoms with Crippen molar-refractivity contribution in [3.63, 3.8) is 0 Å². The molecule has 0 saturated carbocycles. The number of halogens is 3. The Morgan fingerprint density at radius 1 is 0.848 bits per heavy atom. The van der Waals surface area contributed by atoms with E-state index in [0.717, 1.165) is 42.4 Å². The van der Waals surface area contributed by atoms with Gasteiger partial charge in [-0.1, -0.05) is 80.1 Å². The molecule has 33 heavy (non-hydrogen) atoms. The lowest BCUT2D eigenvalue weighted by atomic mass is 9.85. The molecule has 1 aliphatic carbocycles. The Morgan fingerprint density at radius 2 is 1.55 bits per heavy atom. The lowest BCUT2D eigenvalue weighted by Gasteiger charge is -2.21. The molecule has 3 aromatic rings. The first-order chi connectivity index (χ1) is 16.0. The van der Waals surface area contributed by atoms with Gasteiger partial charge in [0.25, 0.3) is 0 Å². The second kappa shape index (κ2) is 10.2. The van der Waals surface area contributed by atoms with Gasteiger partial charge in [-0.15, -0.1) is 0 Å². The summed E-state index contributed by atoms with van der Waals surface area (Å²) < 4.78 is 44.0. The van der Waals surface area contributed by atoms with Crippen molar-refractivity contribution in [1.29, 1.82) is 0 Å². The van der Waals surface area contributed by atoms with Gasteiger partial charge in [-0.05, 0) is 72.4 Å². The zero-order chi connectivity index (χ0) is 23.4. The second-order valence-electron chi connectivity index (χ2n) is 8.72. The first-order valence-corrected chi connectivity index (χ1v) is 11.7. The predicted octanol–water partition coefficient (Wildman–Crippen LogP) is 9.15. The molecule has 0 nitrogen and oxygen atoms in total. The van der Waals surface area contributed by atoms with Gasteiger partial charge >= 0.3 is 0 Å². The highest BCUT2D eigenvalue weighted by atomic mass is 19.2. The molecule has 170 valence electrons. The fourth-order valence-corrected chi connectivity index (χ4v) is 4.52. The van der Waals surface area contributed by atoms with E-state index < -0.39 is 11.6 Å². The zero-order valence-electron chi connectivity index (χ0n) is 19.2. The van der Waals surface area contributed by atoms with Crippen molar-refractivity contribution in [2.45, 2.75) is 46.0 Å². The van der Waals surface area contributed by atoms with Gasteiger partial charge < -0.3 is 0 Å². The van der Waals surface area contributed by atoms with Crippen LogP contribution in [0.2, 0.25) is 0 Å². The minimum absolute atomic E-state index is 0.220. The molecule has 0 heterocycles. The zero-order valence-corrected chi connectivity index (χ0v) is 19.2. The van der Waals surface area contributed by atoms with Crippen molar-refractivity contribution >= 4 is 5.57 Å². The Hall–Kier alpha value is -3.07. The molecule has 0 amide bonds. The van der Waals surface area contributed by atoms with Crippen LogP contribution < -0.4 is 0 Å². The highest BCUT2D eigenvalue weighted by Gasteiger charge is 2.17. The Kier molecular flexibility index (Phi) is 7.17. The van der Waals surface area contributed by atoms with Crippen molar-refractivity contribution in [3.05, 3.63) is 101 Å². The van der Waals surface area contributed by atoms with E-state index >= 15 is 0 Å². The Morgan fingerprint density at radius 3 is 2.18 bits per heavy atom. The van der Waals surface area contributed by atoms with E-state index in [1.165, 1.54) is 0 Å². The fourth-order valence-electron chi connectivity index (χ4n) is 4.52. The molecule has 3 heteroatoms. The molecule has 0 saturated heterocycles. The highest BCUT2D eigenvalue weighted by Crippen LogP contribution is 2.35. The summed E-state index contributed by atoms with van der Waals surface area (Å²) in [5.74, 6) is -1.17. The third-order valence-corrected chi connectivity index (χ3v) is 6.68. The van der Waals surface area contributed by atoms with E-state index in [4.69, 9.17) is 0 Å². The monoisotopic (exact) mass is 446 g/mol. The molecule has 0 aromatic heterocycles. The lowest BCUT2D eigenvalue weighted by molar-refractivity contribution is 0.470. The van der Waals surface area contributed by atoms with Crippen molar-refractivity contribution in [1.82, 2.24) is 0 Å². The number of rotatable bonds is 6. The summed E-state index contributed by atoms with van der Waals surface area (Å²) in [6.07, 6.45) is 10.4. The average molecular weight is 447 g/mol. The number of allylic oxidation sites excluding steroid dienone is 4. The highest BCUT2D eigenvalue weighted by molar-refractivity contribution is 5.74. The quantitative estimate of drug-likeness (QED) is 0.331. The van der Waals surface area contributed by atoms with Crippen LogP contribution in [0.5, 0.6) is 0 Å². The molecule has 0 bridgehead atoms. The Bertz CT molecular complexity index is 1190. The van der Waals surface area contributed by atoms with Crippen LogP contribution in [-0.4, -0.2) is 0 Å². The van der Waals surface area contributed by atoms with Gasteiger partial charge in [0.1, 0.15) is 5.82 Å². The van der Waals surface area contributed by atoms with Gasteiger partial charge in [-0.2, -0.15) is 0 Å². The van der Waals surface area contributed by atoms with Crippen LogP contribution in [0, 0.1) is 23.4 Å². The molecular formula is C30H29F3. The minimum Gasteiger partial charge on any atom is -0.206 e. The molecule has 1 unspecified atom stereocenters. The molecule has 1 atom stereocenters. The number of hydrogen-bond acceptors (Lipinski definition) is 0. The van der Waals surface area contributed by atoms with Crippen molar-refractivity contribution in [2.75, 3.05) is 0 Å². The topological polar surface area (TPSA) is 0 Å². The van der Waals surface area contributed by atoms with E-state index in [0.29, 0.717) is 29.0 Å². The molecule has 1 aliphatic rings. The number of benzene rings is 3. The van der Waals surface area contributed by atoms with Gasteiger partial charge in [0.2, 0.25) is 0 Å². The molecule has 0 aliphatic heterocycles. The van der Waals surface area contributed by atoms with Gasteiger partial charge in [0.15, 0.2) is 11.6 Å². The number of hydrogen-bond donors (Lipinski definition) is 0. The van der Waals surface area contributed by atoms with E-state index in [-0.39, 0.29) is 11.4 Å². The van der Waals surface area contributed by atoms with Crippen LogP contribution in [0.4, 0.5) is 13.2 Å². The predicted molar refractivity (Wildman–Crippen MR) is 131 cm³/mol. The lowest BCUT2D eigenvalue weighted by Crippen LogP contribution is -2.05. The van der Waals surface area contributed by atoms with E-state index in [9.17, 15) is 13.2 Å². The Balaban J connectivity index is 1.56. The molecule has 0 N–H and O–H groups in total. The summed E-state index contributed by atoms with van der Waals surface area (Å²) in [6, 6.07) is 15.7. The first-order valence-electron chi connectivity index (χ1n) is 11.7. The van der Waals surface area contributed by atoms with Crippen LogP contribution >= 0.6 is 0 Å². The van der Waals surface area contributed by atoms with Crippen LogP contribution in [0.25, 0.3) is 27.8 Å². The van der Waals surface area contributed by atoms with Crippen molar-refractivity contribution in [2.24, 2.45) is 5.92 Å². The van der Waals surface area contributed by atoms with Gasteiger partial charge in [0.05, 0.1) is 0 Å². The van der Waals surface area contributed by atoms with E-state index in [1.807, 2.05) is 37.3 Å². The summed E-state index contributed by atoms with van der Waals surface area (Å²) in [7, 11) is 0. The maximum atomic E-state index is 14.9. The van der Waals surface area contributed by atoms with E-state index in [1.54, 1.807) is 36.4 Å². The summed E-state index contributed by atoms with van der Waals surface area (Å²) >= 11 is 0. The smallest absolute Gasteiger partial charge is 0.166 e. The summed E-state index contributed by atoms with van der Waals surface area (Å²) in [5, 5.41) is 0. The second-order valence-corrected chi connectivity index (χ2v) is 8.72. The SMILES string of the molecule is CC=CCc1ccc(-c2ccc(-c3ccc(C4=CCC(CC)CC4)c(F)c3)cc2)c(F)c1F. The Labute approximate surface area is 194 Å². The molecule has 4 rings (SSSR count). The molecule has 0 spiro atoms. The summed E-state index contributed by atoms with van der Waals surface area (Å²) in [4.78, 5) is 0. The van der Waals surface area contributed by atoms with Crippen LogP contribution in [-0.2, 0) is 6.42 Å². The van der Waals surface area contributed by atoms with E-state index in [2.05, 4.69) is 13.0 Å².